The molecule has 0 bridgehead atoms. The minimum Gasteiger partial charge on any atom is -0.310 e. The topological polar surface area (TPSA) is 29.9 Å². The van der Waals surface area contributed by atoms with E-state index in [1.165, 1.54) is 0 Å². The number of nitrogens with zero attached hydrogens (tertiary/aromatic N) is 2. The van der Waals surface area contributed by atoms with Crippen molar-refractivity contribution in [1.29, 1.82) is 0 Å². The molecule has 0 radical (unpaired) electrons. The second-order valence-corrected chi connectivity index (χ2v) is 5.41. The van der Waals surface area contributed by atoms with Gasteiger partial charge < -0.3 is 5.32 Å². The Labute approximate surface area is 115 Å². The molecule has 1 atom stereocenters. The Balaban J connectivity index is 2.46. The Bertz CT molecular complexity index is 365. The van der Waals surface area contributed by atoms with Crippen LogP contribution in [0.15, 0.2) is 12.4 Å². The summed E-state index contributed by atoms with van der Waals surface area (Å²) in [6.07, 6.45) is 5.54. The number of hydrogen-bond donors (Lipinski definition) is 1. The van der Waals surface area contributed by atoms with E-state index in [1.807, 2.05) is 6.20 Å². The number of rotatable bonds is 8. The van der Waals surface area contributed by atoms with Crippen LogP contribution >= 0.6 is 11.8 Å². The Morgan fingerprint density at radius 1 is 1.42 bits per heavy atom. The van der Waals surface area contributed by atoms with Crippen molar-refractivity contribution in [2.24, 2.45) is 0 Å². The average molecular weight is 295 g/mol. The summed E-state index contributed by atoms with van der Waals surface area (Å²) in [4.78, 5) is 0. The number of thioether (sulfide) groups is 1. The van der Waals surface area contributed by atoms with Crippen LogP contribution in [0.25, 0.3) is 0 Å². The van der Waals surface area contributed by atoms with Crippen molar-refractivity contribution < 1.29 is 13.2 Å². The first-order valence-corrected chi connectivity index (χ1v) is 7.41. The number of aromatic nitrogens is 2. The highest BCUT2D eigenvalue weighted by molar-refractivity contribution is 8.00. The van der Waals surface area contributed by atoms with Crippen molar-refractivity contribution >= 4 is 11.8 Å². The lowest BCUT2D eigenvalue weighted by atomic mass is 10.1. The molecule has 19 heavy (non-hydrogen) atoms. The Morgan fingerprint density at radius 3 is 2.74 bits per heavy atom. The third-order valence-electron chi connectivity index (χ3n) is 2.69. The van der Waals surface area contributed by atoms with E-state index < -0.39 is 5.51 Å². The Morgan fingerprint density at radius 2 is 2.16 bits per heavy atom. The molecule has 0 fully saturated rings. The number of hydrogen-bond acceptors (Lipinski definition) is 3. The molecule has 1 rings (SSSR count). The highest BCUT2D eigenvalue weighted by atomic mass is 32.2. The summed E-state index contributed by atoms with van der Waals surface area (Å²) in [6, 6.07) is 0.226. The zero-order chi connectivity index (χ0) is 14.3. The van der Waals surface area contributed by atoms with Crippen molar-refractivity contribution in [2.75, 3.05) is 12.3 Å². The predicted molar refractivity (Wildman–Crippen MR) is 72.1 cm³/mol. The molecule has 0 saturated heterocycles. The number of nitrogens with one attached hydrogen (secondary N) is 1. The van der Waals surface area contributed by atoms with E-state index >= 15 is 0 Å². The second-order valence-electron chi connectivity index (χ2n) is 4.25. The zero-order valence-corrected chi connectivity index (χ0v) is 12.0. The van der Waals surface area contributed by atoms with Gasteiger partial charge in [-0.2, -0.15) is 18.3 Å². The largest absolute Gasteiger partial charge is 0.441 e. The Hall–Kier alpha value is -0.690. The fourth-order valence-corrected chi connectivity index (χ4v) is 2.26. The van der Waals surface area contributed by atoms with Crippen LogP contribution in [-0.2, 0) is 6.54 Å². The maximum Gasteiger partial charge on any atom is 0.441 e. The molecule has 1 aromatic rings. The quantitative estimate of drug-likeness (QED) is 0.795. The highest BCUT2D eigenvalue weighted by Crippen LogP contribution is 2.30. The molecule has 1 aromatic heterocycles. The summed E-state index contributed by atoms with van der Waals surface area (Å²) in [7, 11) is 0. The highest BCUT2D eigenvalue weighted by Gasteiger charge is 2.27. The van der Waals surface area contributed by atoms with Crippen molar-refractivity contribution in [3.8, 4) is 0 Å². The van der Waals surface area contributed by atoms with Gasteiger partial charge in [0.1, 0.15) is 0 Å². The molecule has 0 aliphatic carbocycles. The van der Waals surface area contributed by atoms with Crippen LogP contribution in [0.2, 0.25) is 0 Å². The van der Waals surface area contributed by atoms with Crippen LogP contribution in [0.3, 0.4) is 0 Å². The van der Waals surface area contributed by atoms with E-state index in [2.05, 4.69) is 24.3 Å². The molecule has 110 valence electrons. The number of aryl methyl sites for hydroxylation is 1. The third kappa shape index (κ3) is 6.33. The van der Waals surface area contributed by atoms with Crippen LogP contribution < -0.4 is 5.32 Å². The summed E-state index contributed by atoms with van der Waals surface area (Å²) in [6.45, 7) is 5.36. The van der Waals surface area contributed by atoms with E-state index in [-0.39, 0.29) is 30.1 Å². The molecule has 1 unspecified atom stereocenters. The molecule has 7 heteroatoms. The van der Waals surface area contributed by atoms with Crippen molar-refractivity contribution in [2.45, 2.75) is 44.8 Å². The van der Waals surface area contributed by atoms with Gasteiger partial charge in [-0.3, -0.25) is 4.68 Å². The first-order chi connectivity index (χ1) is 8.96. The summed E-state index contributed by atoms with van der Waals surface area (Å²) >= 11 is -0.0108. The first-order valence-electron chi connectivity index (χ1n) is 6.42. The van der Waals surface area contributed by atoms with Gasteiger partial charge in [0.15, 0.2) is 0 Å². The molecule has 1 N–H and O–H groups in total. The molecular formula is C12H20F3N3S. The molecule has 3 nitrogen and oxygen atoms in total. The molecular weight excluding hydrogens is 275 g/mol. The van der Waals surface area contributed by atoms with Gasteiger partial charge in [-0.15, -0.1) is 0 Å². The monoisotopic (exact) mass is 295 g/mol. The maximum atomic E-state index is 12.0. The zero-order valence-electron chi connectivity index (χ0n) is 11.2. The lowest BCUT2D eigenvalue weighted by molar-refractivity contribution is -0.0328. The molecule has 0 aliphatic heterocycles. The average Bonchev–Trinajstić information content (AvgIpc) is 2.77. The Kier molecular flexibility index (Phi) is 6.71. The molecule has 0 amide bonds. The maximum absolute atomic E-state index is 12.0. The molecule has 1 heterocycles. The number of halogens is 3. The molecule has 0 aromatic carbocycles. The fraction of sp³-hybridized carbons (Fsp3) is 0.750. The van der Waals surface area contributed by atoms with Crippen LogP contribution in [0.1, 0.15) is 38.3 Å². The van der Waals surface area contributed by atoms with Gasteiger partial charge in [-0.1, -0.05) is 13.8 Å². The lowest BCUT2D eigenvalue weighted by Gasteiger charge is -2.14. The van der Waals surface area contributed by atoms with Gasteiger partial charge in [0.2, 0.25) is 0 Å². The van der Waals surface area contributed by atoms with Gasteiger partial charge in [-0.05, 0) is 31.1 Å². The standard InChI is InChI=1S/C12H20F3N3S/c1-3-5-16-11(4-2)10-8-17-18(9-10)6-7-19-12(13,14)15/h8-9,11,16H,3-7H2,1-2H3. The van der Waals surface area contributed by atoms with Crippen LogP contribution in [0, 0.1) is 0 Å². The van der Waals surface area contributed by atoms with Gasteiger partial charge in [0.05, 0.1) is 12.7 Å². The first kappa shape index (κ1) is 16.4. The summed E-state index contributed by atoms with van der Waals surface area (Å²) in [5.74, 6) is -0.0101. The lowest BCUT2D eigenvalue weighted by Crippen LogP contribution is -2.21. The van der Waals surface area contributed by atoms with Crippen LogP contribution in [0.4, 0.5) is 13.2 Å². The molecule has 0 spiro atoms. The van der Waals surface area contributed by atoms with E-state index in [9.17, 15) is 13.2 Å². The second kappa shape index (κ2) is 7.79. The SMILES string of the molecule is CCCNC(CC)c1cnn(CCSC(F)(F)F)c1. The minimum atomic E-state index is -4.16. The van der Waals surface area contributed by atoms with Crippen LogP contribution in [0.5, 0.6) is 0 Å². The normalized spacial score (nSPS) is 13.7. The van der Waals surface area contributed by atoms with Gasteiger partial charge in [0, 0.05) is 23.6 Å². The van der Waals surface area contributed by atoms with E-state index in [0.717, 1.165) is 24.9 Å². The summed E-state index contributed by atoms with van der Waals surface area (Å²) in [5, 5.41) is 7.50. The van der Waals surface area contributed by atoms with Crippen molar-refractivity contribution in [3.05, 3.63) is 18.0 Å². The third-order valence-corrected chi connectivity index (χ3v) is 3.40. The fourth-order valence-electron chi connectivity index (χ4n) is 1.75. The summed E-state index contributed by atoms with van der Waals surface area (Å²) < 4.78 is 37.6. The molecule has 0 saturated carbocycles. The summed E-state index contributed by atoms with van der Waals surface area (Å²) in [5.41, 5.74) is -3.13. The predicted octanol–water partition coefficient (Wildman–Crippen LogP) is 3.59. The van der Waals surface area contributed by atoms with Crippen molar-refractivity contribution in [3.63, 3.8) is 0 Å². The minimum absolute atomic E-state index is 0.0101. The van der Waals surface area contributed by atoms with E-state index in [1.54, 1.807) is 10.9 Å². The molecule has 0 aliphatic rings. The number of alkyl halides is 3. The van der Waals surface area contributed by atoms with Gasteiger partial charge in [-0.25, -0.2) is 0 Å². The smallest absolute Gasteiger partial charge is 0.310 e. The van der Waals surface area contributed by atoms with Gasteiger partial charge in [0.25, 0.3) is 0 Å². The van der Waals surface area contributed by atoms with Gasteiger partial charge >= 0.3 is 5.51 Å². The van der Waals surface area contributed by atoms with E-state index in [4.69, 9.17) is 0 Å². The van der Waals surface area contributed by atoms with Crippen molar-refractivity contribution in [1.82, 2.24) is 15.1 Å². The van der Waals surface area contributed by atoms with E-state index in [0.29, 0.717) is 0 Å². The van der Waals surface area contributed by atoms with Crippen LogP contribution in [-0.4, -0.2) is 27.6 Å².